The van der Waals surface area contributed by atoms with Gasteiger partial charge in [0.25, 0.3) is 5.91 Å². The highest BCUT2D eigenvalue weighted by molar-refractivity contribution is 7.17. The molecule has 1 aliphatic heterocycles. The molecule has 5 nitrogen and oxygen atoms in total. The van der Waals surface area contributed by atoms with Crippen LogP contribution >= 0.6 is 22.7 Å². The number of aryl methyl sites for hydroxylation is 3. The Bertz CT molecular complexity index is 1440. The van der Waals surface area contributed by atoms with E-state index in [1.54, 1.807) is 6.92 Å². The monoisotopic (exact) mass is 486 g/mol. The number of thiazole rings is 1. The van der Waals surface area contributed by atoms with Gasteiger partial charge in [-0.05, 0) is 55.5 Å². The Labute approximate surface area is 205 Å². The van der Waals surface area contributed by atoms with Crippen molar-refractivity contribution in [1.82, 2.24) is 4.98 Å². The van der Waals surface area contributed by atoms with Crippen molar-refractivity contribution in [2.24, 2.45) is 0 Å². The number of ketones is 1. The first-order valence-electron chi connectivity index (χ1n) is 10.8. The molecule has 0 saturated carbocycles. The fourth-order valence-electron chi connectivity index (χ4n) is 4.13. The molecule has 1 amide bonds. The lowest BCUT2D eigenvalue weighted by atomic mass is 9.99. The zero-order valence-corrected chi connectivity index (χ0v) is 20.5. The number of anilines is 1. The van der Waals surface area contributed by atoms with Crippen molar-refractivity contribution >= 4 is 40.1 Å². The van der Waals surface area contributed by atoms with Gasteiger partial charge < -0.3 is 5.11 Å². The first-order chi connectivity index (χ1) is 16.4. The van der Waals surface area contributed by atoms with E-state index in [4.69, 9.17) is 0 Å². The topological polar surface area (TPSA) is 70.5 Å². The van der Waals surface area contributed by atoms with Crippen LogP contribution in [0.5, 0.6) is 0 Å². The standard InChI is InChI=1S/C27H22N2O3S2/c1-15-11-12-19(14-16(15)2)29-22(20-10-7-13-33-20)21(24(31)27(29)32)23(30)25-17(3)28-26(34-25)18-8-5-4-6-9-18/h4-14,22,31H,1-3H3. The Morgan fingerprint density at radius 1 is 1.00 bits per heavy atom. The van der Waals surface area contributed by atoms with Gasteiger partial charge in [0.1, 0.15) is 11.0 Å². The predicted octanol–water partition coefficient (Wildman–Crippen LogP) is 6.58. The number of carbonyl (C=O) groups excluding carboxylic acids is 2. The number of thiophene rings is 1. The molecular weight excluding hydrogens is 464 g/mol. The number of hydrogen-bond donors (Lipinski definition) is 1. The summed E-state index contributed by atoms with van der Waals surface area (Å²) in [5.74, 6) is -1.45. The Morgan fingerprint density at radius 2 is 1.76 bits per heavy atom. The number of aliphatic hydroxyl groups is 1. The normalized spacial score (nSPS) is 15.9. The number of Topliss-reactive ketones (excluding diaryl/α,β-unsaturated/α-hetero) is 1. The minimum absolute atomic E-state index is 0.0945. The molecule has 1 aliphatic rings. The molecule has 7 heteroatoms. The summed E-state index contributed by atoms with van der Waals surface area (Å²) in [5.41, 5.74) is 4.37. The molecule has 0 fully saturated rings. The van der Waals surface area contributed by atoms with Crippen molar-refractivity contribution in [3.8, 4) is 10.6 Å². The molecule has 0 spiro atoms. The molecular formula is C27H22N2O3S2. The lowest BCUT2D eigenvalue weighted by molar-refractivity contribution is -0.117. The fraction of sp³-hybridized carbons (Fsp3) is 0.148. The smallest absolute Gasteiger partial charge is 0.294 e. The molecule has 1 atom stereocenters. The Hall–Kier alpha value is -3.55. The van der Waals surface area contributed by atoms with Crippen LogP contribution in [0.15, 0.2) is 77.4 Å². The van der Waals surface area contributed by atoms with Crippen molar-refractivity contribution < 1.29 is 14.7 Å². The minimum Gasteiger partial charge on any atom is -0.503 e. The molecule has 1 N–H and O–H groups in total. The highest BCUT2D eigenvalue weighted by Crippen LogP contribution is 2.44. The van der Waals surface area contributed by atoms with Crippen LogP contribution in [-0.2, 0) is 4.79 Å². The quantitative estimate of drug-likeness (QED) is 0.324. The molecule has 4 aromatic rings. The van der Waals surface area contributed by atoms with E-state index >= 15 is 0 Å². The second-order valence-corrected chi connectivity index (χ2v) is 10.2. The fourth-order valence-corrected chi connectivity index (χ4v) is 5.98. The predicted molar refractivity (Wildman–Crippen MR) is 137 cm³/mol. The number of aromatic nitrogens is 1. The first kappa shape index (κ1) is 22.3. The number of rotatable bonds is 5. The maximum absolute atomic E-state index is 13.9. The summed E-state index contributed by atoms with van der Waals surface area (Å²) >= 11 is 2.73. The molecule has 0 aliphatic carbocycles. The second kappa shape index (κ2) is 8.66. The van der Waals surface area contributed by atoms with Gasteiger partial charge in [-0.2, -0.15) is 0 Å². The molecule has 0 saturated heterocycles. The Kier molecular flexibility index (Phi) is 5.67. The minimum atomic E-state index is -0.705. The molecule has 34 heavy (non-hydrogen) atoms. The summed E-state index contributed by atoms with van der Waals surface area (Å²) in [6, 6.07) is 18.4. The average molecular weight is 487 g/mol. The van der Waals surface area contributed by atoms with Crippen LogP contribution in [0.25, 0.3) is 10.6 Å². The van der Waals surface area contributed by atoms with E-state index < -0.39 is 17.7 Å². The van der Waals surface area contributed by atoms with Gasteiger partial charge in [-0.15, -0.1) is 22.7 Å². The van der Waals surface area contributed by atoms with Crippen molar-refractivity contribution in [3.05, 3.63) is 104 Å². The molecule has 2 aromatic carbocycles. The number of nitrogens with zero attached hydrogens (tertiary/aromatic N) is 2. The summed E-state index contributed by atoms with van der Waals surface area (Å²) in [7, 11) is 0. The van der Waals surface area contributed by atoms with Crippen molar-refractivity contribution in [2.45, 2.75) is 26.8 Å². The molecule has 0 bridgehead atoms. The van der Waals surface area contributed by atoms with Gasteiger partial charge in [0.15, 0.2) is 5.76 Å². The van der Waals surface area contributed by atoms with Crippen LogP contribution in [0.2, 0.25) is 0 Å². The molecule has 1 unspecified atom stereocenters. The number of carbonyl (C=O) groups is 2. The second-order valence-electron chi connectivity index (χ2n) is 8.25. The summed E-state index contributed by atoms with van der Waals surface area (Å²) < 4.78 is 0. The van der Waals surface area contributed by atoms with Crippen molar-refractivity contribution in [2.75, 3.05) is 4.90 Å². The van der Waals surface area contributed by atoms with Gasteiger partial charge in [0, 0.05) is 16.1 Å². The third-order valence-electron chi connectivity index (χ3n) is 6.06. The van der Waals surface area contributed by atoms with Gasteiger partial charge >= 0.3 is 0 Å². The lowest BCUT2D eigenvalue weighted by Gasteiger charge is -2.26. The highest BCUT2D eigenvalue weighted by Gasteiger charge is 2.45. The van der Waals surface area contributed by atoms with Gasteiger partial charge in [0.2, 0.25) is 5.78 Å². The summed E-state index contributed by atoms with van der Waals surface area (Å²) in [6.07, 6.45) is 0. The highest BCUT2D eigenvalue weighted by atomic mass is 32.1. The van der Waals surface area contributed by atoms with Crippen LogP contribution in [0.1, 0.15) is 37.4 Å². The third-order valence-corrected chi connectivity index (χ3v) is 8.19. The zero-order chi connectivity index (χ0) is 24.0. The summed E-state index contributed by atoms with van der Waals surface area (Å²) in [6.45, 7) is 5.76. The SMILES string of the molecule is Cc1ccc(N2C(=O)C(O)=C(C(=O)c3sc(-c4ccccc4)nc3C)C2c2cccs2)cc1C. The average Bonchev–Trinajstić information content (AvgIpc) is 3.55. The summed E-state index contributed by atoms with van der Waals surface area (Å²) in [5, 5.41) is 13.6. The molecule has 5 rings (SSSR count). The van der Waals surface area contributed by atoms with E-state index in [1.165, 1.54) is 27.6 Å². The van der Waals surface area contributed by atoms with Crippen LogP contribution in [0.3, 0.4) is 0 Å². The van der Waals surface area contributed by atoms with Gasteiger partial charge in [-0.25, -0.2) is 4.98 Å². The van der Waals surface area contributed by atoms with E-state index in [-0.39, 0.29) is 11.4 Å². The zero-order valence-electron chi connectivity index (χ0n) is 18.9. The maximum atomic E-state index is 13.9. The van der Waals surface area contributed by atoms with E-state index in [1.807, 2.05) is 79.9 Å². The van der Waals surface area contributed by atoms with E-state index in [0.717, 1.165) is 26.6 Å². The van der Waals surface area contributed by atoms with Crippen LogP contribution in [-0.4, -0.2) is 21.8 Å². The number of amides is 1. The first-order valence-corrected chi connectivity index (χ1v) is 12.5. The van der Waals surface area contributed by atoms with Crippen LogP contribution < -0.4 is 4.90 Å². The number of benzene rings is 2. The van der Waals surface area contributed by atoms with Crippen LogP contribution in [0.4, 0.5) is 5.69 Å². The maximum Gasteiger partial charge on any atom is 0.294 e. The molecule has 3 heterocycles. The molecule has 2 aromatic heterocycles. The van der Waals surface area contributed by atoms with E-state index in [0.29, 0.717) is 16.3 Å². The number of aliphatic hydroxyl groups excluding tert-OH is 1. The Morgan fingerprint density at radius 3 is 2.44 bits per heavy atom. The molecule has 0 radical (unpaired) electrons. The van der Waals surface area contributed by atoms with Crippen LogP contribution in [0, 0.1) is 20.8 Å². The largest absolute Gasteiger partial charge is 0.503 e. The van der Waals surface area contributed by atoms with Gasteiger partial charge in [-0.3, -0.25) is 14.5 Å². The molecule has 170 valence electrons. The van der Waals surface area contributed by atoms with Crippen molar-refractivity contribution in [3.63, 3.8) is 0 Å². The third kappa shape index (κ3) is 3.67. The number of hydrogen-bond acceptors (Lipinski definition) is 6. The summed E-state index contributed by atoms with van der Waals surface area (Å²) in [4.78, 5) is 34.5. The van der Waals surface area contributed by atoms with E-state index in [9.17, 15) is 14.7 Å². The van der Waals surface area contributed by atoms with E-state index in [2.05, 4.69) is 4.98 Å². The Balaban J connectivity index is 1.61. The van der Waals surface area contributed by atoms with Gasteiger partial charge in [-0.1, -0.05) is 42.5 Å². The lowest BCUT2D eigenvalue weighted by Crippen LogP contribution is -2.30. The van der Waals surface area contributed by atoms with Gasteiger partial charge in [0.05, 0.1) is 16.1 Å². The van der Waals surface area contributed by atoms with Crippen molar-refractivity contribution in [1.29, 1.82) is 0 Å².